The fourth-order valence-electron chi connectivity index (χ4n) is 4.51. The first-order valence-corrected chi connectivity index (χ1v) is 13.2. The van der Waals surface area contributed by atoms with Crippen LogP contribution in [0.3, 0.4) is 0 Å². The Balaban J connectivity index is 1.53. The maximum Gasteiger partial charge on any atom is 0.254 e. The Labute approximate surface area is 229 Å². The van der Waals surface area contributed by atoms with Crippen molar-refractivity contribution in [1.82, 2.24) is 14.7 Å². The molecule has 3 aromatic rings. The van der Waals surface area contributed by atoms with Gasteiger partial charge in [0.2, 0.25) is 5.91 Å². The van der Waals surface area contributed by atoms with Crippen molar-refractivity contribution in [2.75, 3.05) is 66.7 Å². The minimum absolute atomic E-state index is 0.0573. The normalized spacial score (nSPS) is 13.6. The number of furan rings is 1. The molecule has 0 atom stereocenters. The number of carbonyl (C=O) groups is 2. The Morgan fingerprint density at radius 2 is 1.62 bits per heavy atom. The Kier molecular flexibility index (Phi) is 10.4. The lowest BCUT2D eigenvalue weighted by atomic mass is 10.1. The van der Waals surface area contributed by atoms with Crippen LogP contribution in [0.15, 0.2) is 71.3 Å². The molecule has 2 heterocycles. The standard InChI is InChI=1S/C30H37N3O6/c1-36-27-19-25(20-28(21-27)37-2)30(35)33(13-12-31-14-17-38-18-15-31)23-29(34)32(22-26-9-6-16-39-26)11-10-24-7-4-3-5-8-24/h3-9,16,19-21H,10-15,17-18,22-23H2,1-2H3. The van der Waals surface area contributed by atoms with Crippen LogP contribution in [0.25, 0.3) is 0 Å². The molecule has 4 rings (SSSR count). The second kappa shape index (κ2) is 14.4. The van der Waals surface area contributed by atoms with Crippen molar-refractivity contribution in [2.45, 2.75) is 13.0 Å². The molecule has 39 heavy (non-hydrogen) atoms. The summed E-state index contributed by atoms with van der Waals surface area (Å²) < 4.78 is 21.8. The van der Waals surface area contributed by atoms with Gasteiger partial charge in [0.25, 0.3) is 5.91 Å². The van der Waals surface area contributed by atoms with Crippen molar-refractivity contribution in [3.8, 4) is 11.5 Å². The zero-order valence-corrected chi connectivity index (χ0v) is 22.7. The monoisotopic (exact) mass is 535 g/mol. The van der Waals surface area contributed by atoms with Gasteiger partial charge >= 0.3 is 0 Å². The maximum absolute atomic E-state index is 13.8. The summed E-state index contributed by atoms with van der Waals surface area (Å²) in [6, 6.07) is 18.8. The number of ether oxygens (including phenoxy) is 3. The summed E-state index contributed by atoms with van der Waals surface area (Å²) in [5, 5.41) is 0. The number of amides is 2. The highest BCUT2D eigenvalue weighted by Gasteiger charge is 2.25. The van der Waals surface area contributed by atoms with Crippen molar-refractivity contribution < 1.29 is 28.2 Å². The van der Waals surface area contributed by atoms with E-state index in [1.165, 1.54) is 0 Å². The van der Waals surface area contributed by atoms with Gasteiger partial charge in [0.1, 0.15) is 23.8 Å². The topological polar surface area (TPSA) is 84.7 Å². The van der Waals surface area contributed by atoms with Crippen LogP contribution >= 0.6 is 0 Å². The summed E-state index contributed by atoms with van der Waals surface area (Å²) in [6.07, 6.45) is 2.30. The molecular weight excluding hydrogens is 498 g/mol. The molecule has 2 aromatic carbocycles. The third-order valence-electron chi connectivity index (χ3n) is 6.79. The molecule has 1 aliphatic heterocycles. The van der Waals surface area contributed by atoms with E-state index in [1.54, 1.807) is 48.5 Å². The van der Waals surface area contributed by atoms with Gasteiger partial charge < -0.3 is 28.4 Å². The number of carbonyl (C=O) groups excluding carboxylic acids is 2. The number of methoxy groups -OCH3 is 2. The van der Waals surface area contributed by atoms with Gasteiger partial charge in [-0.2, -0.15) is 0 Å². The molecule has 0 aliphatic carbocycles. The lowest BCUT2D eigenvalue weighted by molar-refractivity contribution is -0.132. The van der Waals surface area contributed by atoms with Gasteiger partial charge in [-0.05, 0) is 36.2 Å². The molecule has 2 amide bonds. The van der Waals surface area contributed by atoms with Gasteiger partial charge in [0.05, 0.1) is 40.2 Å². The zero-order valence-electron chi connectivity index (χ0n) is 22.7. The predicted octanol–water partition coefficient (Wildman–Crippen LogP) is 3.34. The third-order valence-corrected chi connectivity index (χ3v) is 6.79. The van der Waals surface area contributed by atoms with E-state index >= 15 is 0 Å². The fourth-order valence-corrected chi connectivity index (χ4v) is 4.51. The number of hydrogen-bond acceptors (Lipinski definition) is 7. The summed E-state index contributed by atoms with van der Waals surface area (Å²) in [7, 11) is 3.09. The molecule has 1 aliphatic rings. The highest BCUT2D eigenvalue weighted by molar-refractivity contribution is 5.97. The van der Waals surface area contributed by atoms with E-state index in [9.17, 15) is 9.59 Å². The van der Waals surface area contributed by atoms with Crippen molar-refractivity contribution in [3.63, 3.8) is 0 Å². The maximum atomic E-state index is 13.8. The smallest absolute Gasteiger partial charge is 0.254 e. The van der Waals surface area contributed by atoms with Gasteiger partial charge in [-0.1, -0.05) is 30.3 Å². The first kappa shape index (κ1) is 28.2. The van der Waals surface area contributed by atoms with Gasteiger partial charge in [-0.3, -0.25) is 14.5 Å². The second-order valence-corrected chi connectivity index (χ2v) is 9.41. The molecule has 0 radical (unpaired) electrons. The molecule has 1 saturated heterocycles. The SMILES string of the molecule is COc1cc(OC)cc(C(=O)N(CCN2CCOCC2)CC(=O)N(CCc2ccccc2)Cc2ccco2)c1. The Morgan fingerprint density at radius 1 is 0.897 bits per heavy atom. The van der Waals surface area contributed by atoms with Crippen LogP contribution in [-0.4, -0.2) is 93.2 Å². The average Bonchev–Trinajstić information content (AvgIpc) is 3.51. The van der Waals surface area contributed by atoms with E-state index in [0.29, 0.717) is 68.6 Å². The quantitative estimate of drug-likeness (QED) is 0.332. The van der Waals surface area contributed by atoms with Crippen LogP contribution < -0.4 is 9.47 Å². The summed E-state index contributed by atoms with van der Waals surface area (Å²) in [6.45, 7) is 4.74. The van der Waals surface area contributed by atoms with Gasteiger partial charge in [-0.15, -0.1) is 0 Å². The number of morpholine rings is 1. The van der Waals surface area contributed by atoms with Crippen LogP contribution in [0, 0.1) is 0 Å². The summed E-state index contributed by atoms with van der Waals surface area (Å²) in [5.41, 5.74) is 1.54. The number of hydrogen-bond donors (Lipinski definition) is 0. The predicted molar refractivity (Wildman–Crippen MR) is 147 cm³/mol. The Hall–Kier alpha value is -3.82. The van der Waals surface area contributed by atoms with Crippen LogP contribution in [0.1, 0.15) is 21.7 Å². The molecule has 0 saturated carbocycles. The number of benzene rings is 2. The van der Waals surface area contributed by atoms with E-state index in [4.69, 9.17) is 18.6 Å². The van der Waals surface area contributed by atoms with Crippen molar-refractivity contribution >= 4 is 11.8 Å². The zero-order chi connectivity index (χ0) is 27.5. The second-order valence-electron chi connectivity index (χ2n) is 9.41. The lowest BCUT2D eigenvalue weighted by Gasteiger charge is -2.31. The van der Waals surface area contributed by atoms with Crippen molar-refractivity contribution in [3.05, 3.63) is 83.8 Å². The number of rotatable bonds is 13. The third kappa shape index (κ3) is 8.33. The minimum Gasteiger partial charge on any atom is -0.497 e. The Morgan fingerprint density at radius 3 is 2.26 bits per heavy atom. The van der Waals surface area contributed by atoms with Gasteiger partial charge in [0, 0.05) is 44.4 Å². The van der Waals surface area contributed by atoms with Crippen molar-refractivity contribution in [2.24, 2.45) is 0 Å². The highest BCUT2D eigenvalue weighted by Crippen LogP contribution is 2.24. The largest absolute Gasteiger partial charge is 0.497 e. The molecule has 0 bridgehead atoms. The van der Waals surface area contributed by atoms with Crippen molar-refractivity contribution in [1.29, 1.82) is 0 Å². The molecule has 9 heteroatoms. The first-order valence-electron chi connectivity index (χ1n) is 13.2. The molecule has 0 unspecified atom stereocenters. The molecular formula is C30H37N3O6. The molecule has 0 N–H and O–H groups in total. The molecule has 1 aromatic heterocycles. The van der Waals surface area contributed by atoms with Gasteiger partial charge in [0.15, 0.2) is 0 Å². The van der Waals surface area contributed by atoms with Crippen LogP contribution in [0.5, 0.6) is 11.5 Å². The van der Waals surface area contributed by atoms with Gasteiger partial charge in [-0.25, -0.2) is 0 Å². The minimum atomic E-state index is -0.255. The van der Waals surface area contributed by atoms with E-state index in [2.05, 4.69) is 4.90 Å². The van der Waals surface area contributed by atoms with E-state index in [-0.39, 0.29) is 18.4 Å². The average molecular weight is 536 g/mol. The summed E-state index contributed by atoms with van der Waals surface area (Å²) in [4.78, 5) is 33.2. The lowest BCUT2D eigenvalue weighted by Crippen LogP contribution is -2.47. The van der Waals surface area contributed by atoms with Crippen LogP contribution in [0.2, 0.25) is 0 Å². The molecule has 9 nitrogen and oxygen atoms in total. The fraction of sp³-hybridized carbons (Fsp3) is 0.400. The van der Waals surface area contributed by atoms with E-state index < -0.39 is 0 Å². The summed E-state index contributed by atoms with van der Waals surface area (Å²) in [5.74, 6) is 1.32. The van der Waals surface area contributed by atoms with Crippen LogP contribution in [-0.2, 0) is 22.5 Å². The number of nitrogens with zero attached hydrogens (tertiary/aromatic N) is 3. The molecule has 0 spiro atoms. The van der Waals surface area contributed by atoms with E-state index in [1.807, 2.05) is 42.5 Å². The van der Waals surface area contributed by atoms with Crippen LogP contribution in [0.4, 0.5) is 0 Å². The molecule has 1 fully saturated rings. The van der Waals surface area contributed by atoms with E-state index in [0.717, 1.165) is 18.7 Å². The first-order chi connectivity index (χ1) is 19.1. The highest BCUT2D eigenvalue weighted by atomic mass is 16.5. The molecule has 208 valence electrons. The summed E-state index contributed by atoms with van der Waals surface area (Å²) >= 11 is 0. The Bertz CT molecular complexity index is 1160.